The maximum Gasteiger partial charge on any atom is 0.300 e. The lowest BCUT2D eigenvalue weighted by molar-refractivity contribution is -0.132. The molecule has 1 fully saturated rings. The number of Topliss-reactive ketones (excluding diaryl/α,β-unsaturated/α-hetero) is 1. The molecule has 3 aromatic rings. The molecule has 0 spiro atoms. The average Bonchev–Trinajstić information content (AvgIpc) is 3.09. The maximum atomic E-state index is 13.2. The smallest absolute Gasteiger partial charge is 0.300 e. The minimum Gasteiger partial charge on any atom is -0.507 e. The van der Waals surface area contributed by atoms with Gasteiger partial charge in [-0.05, 0) is 41.8 Å². The van der Waals surface area contributed by atoms with Gasteiger partial charge >= 0.3 is 0 Å². The maximum absolute atomic E-state index is 13.2. The van der Waals surface area contributed by atoms with Crippen LogP contribution in [0, 0.1) is 0 Å². The first-order chi connectivity index (χ1) is 15.9. The fourth-order valence-electron chi connectivity index (χ4n) is 3.94. The van der Waals surface area contributed by atoms with E-state index in [1.165, 1.54) is 11.8 Å². The molecule has 1 aromatic heterocycles. The van der Waals surface area contributed by atoms with Crippen LogP contribution in [0.5, 0.6) is 0 Å². The molecule has 4 rings (SSSR count). The van der Waals surface area contributed by atoms with Gasteiger partial charge in [-0.3, -0.25) is 24.3 Å². The fourth-order valence-corrected chi connectivity index (χ4v) is 3.94. The highest BCUT2D eigenvalue weighted by Gasteiger charge is 2.47. The molecule has 33 heavy (non-hydrogen) atoms. The van der Waals surface area contributed by atoms with Crippen LogP contribution in [0.3, 0.4) is 0 Å². The van der Waals surface area contributed by atoms with E-state index in [0.29, 0.717) is 22.5 Å². The molecule has 0 bridgehead atoms. The van der Waals surface area contributed by atoms with E-state index < -0.39 is 17.7 Å². The third-order valence-corrected chi connectivity index (χ3v) is 5.52. The number of carbonyl (C=O) groups is 3. The Morgan fingerprint density at radius 2 is 1.85 bits per heavy atom. The number of aromatic nitrogens is 1. The SMILES string of the molecule is CCc1ccc(/C(O)=C2\C(=O)C(=O)N(c3cccc(NC(C)=O)c3)C2c2cccnc2)cc1. The van der Waals surface area contributed by atoms with E-state index in [0.717, 1.165) is 12.0 Å². The number of rotatable bonds is 5. The van der Waals surface area contributed by atoms with Crippen LogP contribution in [0.4, 0.5) is 11.4 Å². The number of nitrogens with zero attached hydrogens (tertiary/aromatic N) is 2. The van der Waals surface area contributed by atoms with Gasteiger partial charge in [-0.2, -0.15) is 0 Å². The van der Waals surface area contributed by atoms with Crippen molar-refractivity contribution in [2.24, 2.45) is 0 Å². The van der Waals surface area contributed by atoms with E-state index >= 15 is 0 Å². The summed E-state index contributed by atoms with van der Waals surface area (Å²) in [5, 5.41) is 13.8. The molecule has 0 radical (unpaired) electrons. The summed E-state index contributed by atoms with van der Waals surface area (Å²) in [7, 11) is 0. The minimum atomic E-state index is -0.878. The Kier molecular flexibility index (Phi) is 6.04. The Morgan fingerprint density at radius 1 is 1.09 bits per heavy atom. The van der Waals surface area contributed by atoms with Gasteiger partial charge in [0.05, 0.1) is 11.6 Å². The summed E-state index contributed by atoms with van der Waals surface area (Å²) in [5.74, 6) is -2.06. The molecule has 7 heteroatoms. The van der Waals surface area contributed by atoms with Gasteiger partial charge in [0.1, 0.15) is 5.76 Å². The largest absolute Gasteiger partial charge is 0.507 e. The van der Waals surface area contributed by atoms with Gasteiger partial charge in [0.25, 0.3) is 11.7 Å². The Bertz CT molecular complexity index is 1250. The van der Waals surface area contributed by atoms with Gasteiger partial charge in [0.2, 0.25) is 5.91 Å². The Labute approximate surface area is 191 Å². The molecular weight excluding hydrogens is 418 g/mol. The van der Waals surface area contributed by atoms with Crippen LogP contribution in [0.25, 0.3) is 5.76 Å². The molecule has 166 valence electrons. The first-order valence-corrected chi connectivity index (χ1v) is 10.6. The second-order valence-corrected chi connectivity index (χ2v) is 7.74. The quantitative estimate of drug-likeness (QED) is 0.351. The zero-order chi connectivity index (χ0) is 23.5. The Morgan fingerprint density at radius 3 is 2.48 bits per heavy atom. The highest BCUT2D eigenvalue weighted by atomic mass is 16.3. The molecule has 1 atom stereocenters. The van der Waals surface area contributed by atoms with Crippen LogP contribution in [0.2, 0.25) is 0 Å². The lowest BCUT2D eigenvalue weighted by Gasteiger charge is -2.25. The topological polar surface area (TPSA) is 99.6 Å². The Balaban J connectivity index is 1.88. The number of benzene rings is 2. The lowest BCUT2D eigenvalue weighted by Crippen LogP contribution is -2.29. The van der Waals surface area contributed by atoms with Gasteiger partial charge in [0.15, 0.2) is 0 Å². The van der Waals surface area contributed by atoms with Gasteiger partial charge in [0, 0.05) is 36.3 Å². The molecule has 2 N–H and O–H groups in total. The highest BCUT2D eigenvalue weighted by molar-refractivity contribution is 6.51. The summed E-state index contributed by atoms with van der Waals surface area (Å²) in [6.07, 6.45) is 4.00. The van der Waals surface area contributed by atoms with Crippen LogP contribution in [0.15, 0.2) is 78.6 Å². The van der Waals surface area contributed by atoms with Crippen molar-refractivity contribution < 1.29 is 19.5 Å². The summed E-state index contributed by atoms with van der Waals surface area (Å²) in [4.78, 5) is 43.3. The predicted molar refractivity (Wildman–Crippen MR) is 126 cm³/mol. The third-order valence-electron chi connectivity index (χ3n) is 5.52. The number of carbonyl (C=O) groups excluding carboxylic acids is 3. The van der Waals surface area contributed by atoms with Crippen LogP contribution in [0.1, 0.15) is 36.6 Å². The number of hydrogen-bond acceptors (Lipinski definition) is 5. The van der Waals surface area contributed by atoms with Gasteiger partial charge < -0.3 is 10.4 Å². The summed E-state index contributed by atoms with van der Waals surface area (Å²) >= 11 is 0. The molecule has 7 nitrogen and oxygen atoms in total. The molecule has 2 amide bonds. The molecule has 2 heterocycles. The van der Waals surface area contributed by atoms with Crippen molar-refractivity contribution in [3.05, 3.63) is 95.3 Å². The van der Waals surface area contributed by atoms with E-state index in [1.807, 2.05) is 19.1 Å². The highest BCUT2D eigenvalue weighted by Crippen LogP contribution is 2.42. The molecule has 1 aliphatic heterocycles. The number of aliphatic hydroxyl groups excluding tert-OH is 1. The minimum absolute atomic E-state index is 0.0119. The summed E-state index contributed by atoms with van der Waals surface area (Å²) in [6, 6.07) is 16.5. The number of aliphatic hydroxyl groups is 1. The average molecular weight is 441 g/mol. The number of nitrogens with one attached hydrogen (secondary N) is 1. The van der Waals surface area contributed by atoms with Crippen molar-refractivity contribution in [3.63, 3.8) is 0 Å². The first kappa shape index (κ1) is 22.0. The van der Waals surface area contributed by atoms with Crippen molar-refractivity contribution in [1.29, 1.82) is 0 Å². The number of ketones is 1. The van der Waals surface area contributed by atoms with E-state index in [9.17, 15) is 19.5 Å². The molecule has 1 saturated heterocycles. The van der Waals surface area contributed by atoms with Crippen LogP contribution < -0.4 is 10.2 Å². The number of anilines is 2. The molecule has 0 aliphatic carbocycles. The van der Waals surface area contributed by atoms with Gasteiger partial charge in [-0.1, -0.05) is 43.3 Å². The Hall–Kier alpha value is -4.26. The second-order valence-electron chi connectivity index (χ2n) is 7.74. The molecule has 1 unspecified atom stereocenters. The number of hydrogen-bond donors (Lipinski definition) is 2. The van der Waals surface area contributed by atoms with Crippen LogP contribution in [-0.2, 0) is 20.8 Å². The summed E-state index contributed by atoms with van der Waals surface area (Å²) < 4.78 is 0. The van der Waals surface area contributed by atoms with Gasteiger partial charge in [-0.15, -0.1) is 0 Å². The zero-order valence-electron chi connectivity index (χ0n) is 18.3. The normalized spacial score (nSPS) is 17.3. The third kappa shape index (κ3) is 4.25. The lowest BCUT2D eigenvalue weighted by atomic mass is 9.95. The molecule has 1 aliphatic rings. The number of amides is 2. The molecule has 2 aromatic carbocycles. The summed E-state index contributed by atoms with van der Waals surface area (Å²) in [5.41, 5.74) is 3.01. The predicted octanol–water partition coefficient (Wildman–Crippen LogP) is 4.23. The number of pyridine rings is 1. The van der Waals surface area contributed by atoms with Crippen molar-refractivity contribution in [1.82, 2.24) is 4.98 Å². The monoisotopic (exact) mass is 441 g/mol. The fraction of sp³-hybridized carbons (Fsp3) is 0.154. The second kappa shape index (κ2) is 9.08. The van der Waals surface area contributed by atoms with Crippen LogP contribution >= 0.6 is 0 Å². The van der Waals surface area contributed by atoms with E-state index in [-0.39, 0.29) is 17.2 Å². The van der Waals surface area contributed by atoms with E-state index in [1.54, 1.807) is 60.9 Å². The zero-order valence-corrected chi connectivity index (χ0v) is 18.3. The van der Waals surface area contributed by atoms with E-state index in [2.05, 4.69) is 10.3 Å². The van der Waals surface area contributed by atoms with Crippen molar-refractivity contribution in [2.45, 2.75) is 26.3 Å². The molecule has 0 saturated carbocycles. The standard InChI is InChI=1S/C26H23N3O4/c1-3-17-9-11-18(12-10-17)24(31)22-23(19-6-5-13-27-15-19)29(26(33)25(22)32)21-8-4-7-20(14-21)28-16(2)30/h4-15,23,31H,3H2,1-2H3,(H,28,30)/b24-22+. The first-order valence-electron chi connectivity index (χ1n) is 10.6. The van der Waals surface area contributed by atoms with Crippen molar-refractivity contribution in [2.75, 3.05) is 10.2 Å². The van der Waals surface area contributed by atoms with Crippen LogP contribution in [-0.4, -0.2) is 27.7 Å². The number of aryl methyl sites for hydroxylation is 1. The molecular formula is C26H23N3O4. The van der Waals surface area contributed by atoms with Gasteiger partial charge in [-0.25, -0.2) is 0 Å². The summed E-state index contributed by atoms with van der Waals surface area (Å²) in [6.45, 7) is 3.41. The van der Waals surface area contributed by atoms with E-state index in [4.69, 9.17) is 0 Å². The van der Waals surface area contributed by atoms with Crippen molar-refractivity contribution >= 4 is 34.7 Å². The van der Waals surface area contributed by atoms with Crippen molar-refractivity contribution in [3.8, 4) is 0 Å².